The van der Waals surface area contributed by atoms with Gasteiger partial charge in [0.15, 0.2) is 5.03 Å². The van der Waals surface area contributed by atoms with Crippen molar-refractivity contribution in [2.24, 2.45) is 0 Å². The zero-order valence-electron chi connectivity index (χ0n) is 10.8. The van der Waals surface area contributed by atoms with E-state index >= 15 is 0 Å². The molecule has 2 N–H and O–H groups in total. The molecule has 0 unspecified atom stereocenters. The van der Waals surface area contributed by atoms with E-state index in [1.54, 1.807) is 19.1 Å². The van der Waals surface area contributed by atoms with E-state index in [1.807, 2.05) is 6.07 Å². The Morgan fingerprint density at radius 2 is 2.20 bits per heavy atom. The number of nitrogens with one attached hydrogen (secondary N) is 2. The number of nitrogens with zero attached hydrogens (tertiary/aromatic N) is 2. The Labute approximate surface area is 116 Å². The second-order valence-corrected chi connectivity index (χ2v) is 5.58. The number of para-hydroxylation sites is 1. The number of methoxy groups -OCH3 is 1. The number of hydrogen-bond donors (Lipinski definition) is 2. The predicted molar refractivity (Wildman–Crippen MR) is 71.8 cm³/mol. The largest absolute Gasteiger partial charge is 0.495 e. The molecule has 20 heavy (non-hydrogen) atoms. The lowest BCUT2D eigenvalue weighted by molar-refractivity contribution is 0.416. The Hall–Kier alpha value is -2.53. The van der Waals surface area contributed by atoms with Gasteiger partial charge >= 0.3 is 0 Å². The van der Waals surface area contributed by atoms with Crippen LogP contribution in [0.5, 0.6) is 5.75 Å². The molecule has 0 saturated carbocycles. The molecule has 0 bridgehead atoms. The maximum Gasteiger partial charge on any atom is 0.279 e. The van der Waals surface area contributed by atoms with Crippen molar-refractivity contribution in [3.8, 4) is 11.8 Å². The van der Waals surface area contributed by atoms with Gasteiger partial charge in [-0.15, -0.1) is 0 Å². The zero-order valence-corrected chi connectivity index (χ0v) is 11.7. The topological polar surface area (TPSA) is 108 Å². The number of benzene rings is 1. The third-order valence-corrected chi connectivity index (χ3v) is 3.83. The molecule has 104 valence electrons. The van der Waals surface area contributed by atoms with E-state index in [9.17, 15) is 8.42 Å². The fourth-order valence-corrected chi connectivity index (χ4v) is 2.69. The first kappa shape index (κ1) is 13.9. The van der Waals surface area contributed by atoms with E-state index < -0.39 is 10.0 Å². The summed E-state index contributed by atoms with van der Waals surface area (Å²) < 4.78 is 31.8. The summed E-state index contributed by atoms with van der Waals surface area (Å²) >= 11 is 0. The fourth-order valence-electron chi connectivity index (χ4n) is 1.62. The molecule has 0 spiro atoms. The molecule has 1 aromatic heterocycles. The summed E-state index contributed by atoms with van der Waals surface area (Å²) in [6, 6.07) is 6.59. The molecular formula is C12H12N4O3S. The summed E-state index contributed by atoms with van der Waals surface area (Å²) in [7, 11) is -2.46. The van der Waals surface area contributed by atoms with Gasteiger partial charge < -0.3 is 9.72 Å². The van der Waals surface area contributed by atoms with E-state index in [0.717, 1.165) is 0 Å². The molecule has 8 heteroatoms. The SMILES string of the molecule is COc1cccc(C#N)c1NS(=O)(=O)c1cnc(C)[nH]1. The minimum absolute atomic E-state index is 0.0789. The highest BCUT2D eigenvalue weighted by molar-refractivity contribution is 7.92. The number of ether oxygens (including phenoxy) is 1. The van der Waals surface area contributed by atoms with Crippen LogP contribution < -0.4 is 9.46 Å². The van der Waals surface area contributed by atoms with Crippen LogP contribution >= 0.6 is 0 Å². The van der Waals surface area contributed by atoms with E-state index in [2.05, 4.69) is 14.7 Å². The van der Waals surface area contributed by atoms with Gasteiger partial charge in [-0.2, -0.15) is 13.7 Å². The van der Waals surface area contributed by atoms with Gasteiger partial charge in [-0.05, 0) is 19.1 Å². The number of aryl methyl sites for hydroxylation is 1. The third kappa shape index (κ3) is 2.57. The Balaban J connectivity index is 2.47. The Morgan fingerprint density at radius 3 is 2.75 bits per heavy atom. The molecule has 0 aliphatic rings. The summed E-state index contributed by atoms with van der Waals surface area (Å²) in [5.41, 5.74) is 0.272. The van der Waals surface area contributed by atoms with Crippen molar-refractivity contribution in [1.29, 1.82) is 5.26 Å². The van der Waals surface area contributed by atoms with E-state index in [0.29, 0.717) is 5.82 Å². The predicted octanol–water partition coefficient (Wildman–Crippen LogP) is 1.40. The number of imidazole rings is 1. The van der Waals surface area contributed by atoms with Crippen LogP contribution in [0.2, 0.25) is 0 Å². The normalized spacial score (nSPS) is 10.8. The average Bonchev–Trinajstić information content (AvgIpc) is 2.86. The number of nitriles is 1. The first-order valence-electron chi connectivity index (χ1n) is 5.59. The number of aromatic nitrogens is 2. The van der Waals surface area contributed by atoms with Crippen molar-refractivity contribution >= 4 is 15.7 Å². The van der Waals surface area contributed by atoms with Gasteiger partial charge in [0.1, 0.15) is 23.3 Å². The van der Waals surface area contributed by atoms with Gasteiger partial charge in [-0.25, -0.2) is 4.98 Å². The Morgan fingerprint density at radius 1 is 1.45 bits per heavy atom. The van der Waals surface area contributed by atoms with Crippen molar-refractivity contribution in [3.05, 3.63) is 35.8 Å². The van der Waals surface area contributed by atoms with Crippen LogP contribution in [-0.4, -0.2) is 25.5 Å². The molecule has 0 amide bonds. The zero-order chi connectivity index (χ0) is 14.8. The molecular weight excluding hydrogens is 280 g/mol. The quantitative estimate of drug-likeness (QED) is 0.885. The first-order chi connectivity index (χ1) is 9.47. The second-order valence-electron chi connectivity index (χ2n) is 3.93. The van der Waals surface area contributed by atoms with Crippen LogP contribution in [0.15, 0.2) is 29.4 Å². The van der Waals surface area contributed by atoms with Gasteiger partial charge in [0.2, 0.25) is 0 Å². The highest BCUT2D eigenvalue weighted by Crippen LogP contribution is 2.29. The average molecular weight is 292 g/mol. The van der Waals surface area contributed by atoms with Gasteiger partial charge in [-0.3, -0.25) is 4.72 Å². The van der Waals surface area contributed by atoms with Crippen molar-refractivity contribution < 1.29 is 13.2 Å². The lowest BCUT2D eigenvalue weighted by Crippen LogP contribution is -2.15. The number of sulfonamides is 1. The summed E-state index contributed by atoms with van der Waals surface area (Å²) in [5, 5.41) is 8.97. The Kier molecular flexibility index (Phi) is 3.63. The molecule has 2 aromatic rings. The summed E-state index contributed by atoms with van der Waals surface area (Å²) in [5.74, 6) is 0.745. The minimum atomic E-state index is -3.86. The molecule has 7 nitrogen and oxygen atoms in total. The number of rotatable bonds is 4. The number of hydrogen-bond acceptors (Lipinski definition) is 5. The summed E-state index contributed by atoms with van der Waals surface area (Å²) in [4.78, 5) is 6.46. The third-order valence-electron chi connectivity index (χ3n) is 2.57. The van der Waals surface area contributed by atoms with Crippen LogP contribution in [0.3, 0.4) is 0 Å². The molecule has 0 atom stereocenters. The lowest BCUT2D eigenvalue weighted by Gasteiger charge is -2.12. The molecule has 0 aliphatic carbocycles. The van der Waals surface area contributed by atoms with Gasteiger partial charge in [0.25, 0.3) is 10.0 Å². The maximum atomic E-state index is 12.2. The minimum Gasteiger partial charge on any atom is -0.495 e. The van der Waals surface area contributed by atoms with Crippen molar-refractivity contribution in [1.82, 2.24) is 9.97 Å². The van der Waals surface area contributed by atoms with Crippen LogP contribution in [-0.2, 0) is 10.0 Å². The van der Waals surface area contributed by atoms with E-state index in [4.69, 9.17) is 10.00 Å². The highest BCUT2D eigenvalue weighted by Gasteiger charge is 2.20. The van der Waals surface area contributed by atoms with Crippen LogP contribution in [0.4, 0.5) is 5.69 Å². The molecule has 0 radical (unpaired) electrons. The molecule has 0 aliphatic heterocycles. The molecule has 0 saturated heterocycles. The van der Waals surface area contributed by atoms with Crippen molar-refractivity contribution in [2.45, 2.75) is 11.9 Å². The smallest absolute Gasteiger partial charge is 0.279 e. The van der Waals surface area contributed by atoms with Crippen molar-refractivity contribution in [3.63, 3.8) is 0 Å². The Bertz CT molecular complexity index is 774. The number of aromatic amines is 1. The van der Waals surface area contributed by atoms with Crippen molar-refractivity contribution in [2.75, 3.05) is 11.8 Å². The fraction of sp³-hybridized carbons (Fsp3) is 0.167. The van der Waals surface area contributed by atoms with E-state index in [1.165, 1.54) is 19.4 Å². The molecule has 0 fully saturated rings. The maximum absolute atomic E-state index is 12.2. The van der Waals surface area contributed by atoms with Gasteiger partial charge in [0, 0.05) is 0 Å². The monoisotopic (exact) mass is 292 g/mol. The van der Waals surface area contributed by atoms with Crippen LogP contribution in [0, 0.1) is 18.3 Å². The molecule has 1 aromatic carbocycles. The highest BCUT2D eigenvalue weighted by atomic mass is 32.2. The standard InChI is InChI=1S/C12H12N4O3S/c1-8-14-7-11(15-8)20(17,18)16-12-9(6-13)4-3-5-10(12)19-2/h3-5,7,16H,1-2H3,(H,14,15). The first-order valence-corrected chi connectivity index (χ1v) is 7.08. The lowest BCUT2D eigenvalue weighted by atomic mass is 10.2. The summed E-state index contributed by atoms with van der Waals surface area (Å²) in [6.45, 7) is 1.64. The van der Waals surface area contributed by atoms with E-state index in [-0.39, 0.29) is 22.0 Å². The van der Waals surface area contributed by atoms with Crippen LogP contribution in [0.25, 0.3) is 0 Å². The van der Waals surface area contributed by atoms with Gasteiger partial charge in [-0.1, -0.05) is 6.07 Å². The second kappa shape index (κ2) is 5.22. The number of anilines is 1. The molecule has 2 rings (SSSR count). The molecule has 1 heterocycles. The number of H-pyrrole nitrogens is 1. The summed E-state index contributed by atoms with van der Waals surface area (Å²) in [6.07, 6.45) is 1.21. The van der Waals surface area contributed by atoms with Crippen LogP contribution in [0.1, 0.15) is 11.4 Å². The van der Waals surface area contributed by atoms with Gasteiger partial charge in [0.05, 0.1) is 18.9 Å².